The van der Waals surface area contributed by atoms with Crippen LogP contribution in [0.25, 0.3) is 0 Å². The molecule has 0 saturated heterocycles. The van der Waals surface area contributed by atoms with Gasteiger partial charge in [-0.15, -0.1) is 0 Å². The molecule has 0 fully saturated rings. The van der Waals surface area contributed by atoms with Crippen LogP contribution in [0.4, 0.5) is 0 Å². The Balaban J connectivity index is 2.63. The second-order valence-corrected chi connectivity index (χ2v) is 3.86. The van der Waals surface area contributed by atoms with Gasteiger partial charge in [-0.1, -0.05) is 15.9 Å². The summed E-state index contributed by atoms with van der Waals surface area (Å²) in [5.41, 5.74) is 8.21. The molecule has 2 N–H and O–H groups in total. The van der Waals surface area contributed by atoms with Crippen molar-refractivity contribution in [3.63, 3.8) is 0 Å². The number of benzene rings is 1. The second kappa shape index (κ2) is 2.75. The van der Waals surface area contributed by atoms with Crippen molar-refractivity contribution in [1.29, 1.82) is 0 Å². The van der Waals surface area contributed by atoms with Gasteiger partial charge in [0.15, 0.2) is 0 Å². The highest BCUT2D eigenvalue weighted by atomic mass is 79.9. The van der Waals surface area contributed by atoms with Crippen molar-refractivity contribution in [2.45, 2.75) is 13.0 Å². The summed E-state index contributed by atoms with van der Waals surface area (Å²) in [6, 6.07) is 3.99. The summed E-state index contributed by atoms with van der Waals surface area (Å²) >= 11 is 3.47. The van der Waals surface area contributed by atoms with E-state index in [1.807, 2.05) is 12.1 Å². The van der Waals surface area contributed by atoms with Crippen molar-refractivity contribution in [2.75, 3.05) is 6.61 Å². The third-order valence-electron chi connectivity index (χ3n) is 2.20. The summed E-state index contributed by atoms with van der Waals surface area (Å²) in [4.78, 5) is 0. The van der Waals surface area contributed by atoms with Crippen LogP contribution < -0.4 is 10.5 Å². The van der Waals surface area contributed by atoms with Gasteiger partial charge in [-0.2, -0.15) is 0 Å². The first-order valence-electron chi connectivity index (χ1n) is 3.87. The minimum atomic E-state index is 0.0394. The fourth-order valence-corrected chi connectivity index (χ4v) is 1.87. The number of hydrogen-bond acceptors (Lipinski definition) is 2. The summed E-state index contributed by atoms with van der Waals surface area (Å²) in [6.45, 7) is 2.66. The van der Waals surface area contributed by atoms with E-state index in [2.05, 4.69) is 22.9 Å². The van der Waals surface area contributed by atoms with E-state index in [1.54, 1.807) is 0 Å². The van der Waals surface area contributed by atoms with Crippen molar-refractivity contribution < 1.29 is 4.74 Å². The van der Waals surface area contributed by atoms with Crippen molar-refractivity contribution >= 4 is 15.9 Å². The van der Waals surface area contributed by atoms with Gasteiger partial charge >= 0.3 is 0 Å². The molecule has 0 amide bonds. The number of nitrogens with two attached hydrogens (primary N) is 1. The normalized spacial score (nSPS) is 20.4. The summed E-state index contributed by atoms with van der Waals surface area (Å²) in [6.07, 6.45) is 0. The van der Waals surface area contributed by atoms with Crippen LogP contribution in [0.5, 0.6) is 5.75 Å². The van der Waals surface area contributed by atoms with Crippen LogP contribution in [0.15, 0.2) is 16.6 Å². The van der Waals surface area contributed by atoms with Gasteiger partial charge in [-0.25, -0.2) is 0 Å². The Hall–Kier alpha value is -0.540. The zero-order valence-electron chi connectivity index (χ0n) is 6.80. The van der Waals surface area contributed by atoms with Gasteiger partial charge in [-0.05, 0) is 24.6 Å². The molecule has 1 aromatic rings. The molecule has 1 aliphatic heterocycles. The molecule has 2 nitrogen and oxygen atoms in total. The fourth-order valence-electron chi connectivity index (χ4n) is 1.53. The molecule has 0 bridgehead atoms. The SMILES string of the molecule is Cc1c(Br)ccc2c1[C@H](N)CO2. The van der Waals surface area contributed by atoms with Gasteiger partial charge in [0.25, 0.3) is 0 Å². The molecule has 0 aromatic heterocycles. The van der Waals surface area contributed by atoms with Gasteiger partial charge in [-0.3, -0.25) is 0 Å². The minimum Gasteiger partial charge on any atom is -0.491 e. The first kappa shape index (κ1) is 8.08. The van der Waals surface area contributed by atoms with Crippen molar-refractivity contribution in [2.24, 2.45) is 5.73 Å². The molecule has 64 valence electrons. The molecule has 0 aliphatic carbocycles. The lowest BCUT2D eigenvalue weighted by atomic mass is 10.0. The predicted molar refractivity (Wildman–Crippen MR) is 51.3 cm³/mol. The highest BCUT2D eigenvalue weighted by molar-refractivity contribution is 9.10. The molecule has 0 spiro atoms. The number of hydrogen-bond donors (Lipinski definition) is 1. The lowest BCUT2D eigenvalue weighted by Gasteiger charge is -2.06. The van der Waals surface area contributed by atoms with Gasteiger partial charge < -0.3 is 10.5 Å². The van der Waals surface area contributed by atoms with Crippen LogP contribution in [0, 0.1) is 6.92 Å². The summed E-state index contributed by atoms with van der Waals surface area (Å²) in [7, 11) is 0. The summed E-state index contributed by atoms with van der Waals surface area (Å²) < 4.78 is 6.50. The molecule has 1 atom stereocenters. The molecule has 0 saturated carbocycles. The van der Waals surface area contributed by atoms with Crippen LogP contribution in [0.3, 0.4) is 0 Å². The number of rotatable bonds is 0. The van der Waals surface area contributed by atoms with Crippen molar-refractivity contribution in [3.8, 4) is 5.75 Å². The Labute approximate surface area is 79.8 Å². The maximum atomic E-state index is 5.87. The first-order valence-corrected chi connectivity index (χ1v) is 4.67. The first-order chi connectivity index (χ1) is 5.70. The number of halogens is 1. The van der Waals surface area contributed by atoms with E-state index in [-0.39, 0.29) is 6.04 Å². The maximum absolute atomic E-state index is 5.87. The average molecular weight is 228 g/mol. The van der Waals surface area contributed by atoms with Crippen molar-refractivity contribution in [3.05, 3.63) is 27.7 Å². The van der Waals surface area contributed by atoms with E-state index in [9.17, 15) is 0 Å². The fraction of sp³-hybridized carbons (Fsp3) is 0.333. The molecule has 2 rings (SSSR count). The largest absolute Gasteiger partial charge is 0.491 e. The highest BCUT2D eigenvalue weighted by Gasteiger charge is 2.23. The van der Waals surface area contributed by atoms with E-state index in [0.29, 0.717) is 6.61 Å². The van der Waals surface area contributed by atoms with E-state index in [4.69, 9.17) is 10.5 Å². The molecular formula is C9H10BrNO. The molecule has 12 heavy (non-hydrogen) atoms. The third-order valence-corrected chi connectivity index (χ3v) is 3.06. The van der Waals surface area contributed by atoms with Gasteiger partial charge in [0, 0.05) is 10.0 Å². The topological polar surface area (TPSA) is 35.2 Å². The molecule has 1 aliphatic rings. The van der Waals surface area contributed by atoms with Crippen LogP contribution in [-0.2, 0) is 0 Å². The summed E-state index contributed by atoms with van der Waals surface area (Å²) in [5, 5.41) is 0. The lowest BCUT2D eigenvalue weighted by molar-refractivity contribution is 0.333. The second-order valence-electron chi connectivity index (χ2n) is 3.00. The Bertz CT molecular complexity index is 325. The van der Waals surface area contributed by atoms with Crippen LogP contribution in [-0.4, -0.2) is 6.61 Å². The average Bonchev–Trinajstić information content (AvgIpc) is 2.41. The van der Waals surface area contributed by atoms with Gasteiger partial charge in [0.1, 0.15) is 12.4 Å². The van der Waals surface area contributed by atoms with Crippen LogP contribution in [0.2, 0.25) is 0 Å². The van der Waals surface area contributed by atoms with Crippen molar-refractivity contribution in [1.82, 2.24) is 0 Å². The Morgan fingerprint density at radius 1 is 1.58 bits per heavy atom. The van der Waals surface area contributed by atoms with E-state index >= 15 is 0 Å². The zero-order valence-corrected chi connectivity index (χ0v) is 8.39. The monoisotopic (exact) mass is 227 g/mol. The molecule has 1 aromatic carbocycles. The zero-order chi connectivity index (χ0) is 8.72. The highest BCUT2D eigenvalue weighted by Crippen LogP contribution is 2.36. The quantitative estimate of drug-likeness (QED) is 0.738. The van der Waals surface area contributed by atoms with E-state index < -0.39 is 0 Å². The Morgan fingerprint density at radius 3 is 3.08 bits per heavy atom. The van der Waals surface area contributed by atoms with Gasteiger partial charge in [0.2, 0.25) is 0 Å². The molecule has 3 heteroatoms. The van der Waals surface area contributed by atoms with E-state index in [1.165, 1.54) is 5.56 Å². The lowest BCUT2D eigenvalue weighted by Crippen LogP contribution is -2.11. The minimum absolute atomic E-state index is 0.0394. The smallest absolute Gasteiger partial charge is 0.124 e. The summed E-state index contributed by atoms with van der Waals surface area (Å²) in [5.74, 6) is 0.934. The standard InChI is InChI=1S/C9H10BrNO/c1-5-6(10)2-3-8-9(5)7(11)4-12-8/h2-3,7H,4,11H2,1H3/t7-/m1/s1. The molecule has 0 unspecified atom stereocenters. The molecule has 1 heterocycles. The third kappa shape index (κ3) is 1.04. The Morgan fingerprint density at radius 2 is 2.33 bits per heavy atom. The Kier molecular flexibility index (Phi) is 1.85. The maximum Gasteiger partial charge on any atom is 0.124 e. The van der Waals surface area contributed by atoms with Gasteiger partial charge in [0.05, 0.1) is 6.04 Å². The van der Waals surface area contributed by atoms with E-state index in [0.717, 1.165) is 15.8 Å². The molecule has 0 radical (unpaired) electrons. The number of fused-ring (bicyclic) bond motifs is 1. The van der Waals surface area contributed by atoms with Crippen LogP contribution >= 0.6 is 15.9 Å². The van der Waals surface area contributed by atoms with Crippen LogP contribution in [0.1, 0.15) is 17.2 Å². The number of ether oxygens (including phenoxy) is 1. The predicted octanol–water partition coefficient (Wildman–Crippen LogP) is 2.15. The molecular weight excluding hydrogens is 218 g/mol.